The average Bonchev–Trinajstić information content (AvgIpc) is 2.81. The molecule has 0 saturated carbocycles. The smallest absolute Gasteiger partial charge is 0.118 e. The molecule has 0 fully saturated rings. The number of methoxy groups -OCH3 is 1. The highest BCUT2D eigenvalue weighted by Crippen LogP contribution is 2.13. The van der Waals surface area contributed by atoms with Crippen molar-refractivity contribution in [3.8, 4) is 5.75 Å². The quantitative estimate of drug-likeness (QED) is 0.879. The van der Waals surface area contributed by atoms with Crippen LogP contribution in [0.4, 0.5) is 0 Å². The molecule has 0 unspecified atom stereocenters. The molecule has 4 heteroatoms. The molecule has 0 spiro atoms. The maximum Gasteiger partial charge on any atom is 0.118 e. The monoisotopic (exact) mass is 273 g/mol. The molecule has 0 atom stereocenters. The lowest BCUT2D eigenvalue weighted by Gasteiger charge is -2.09. The summed E-state index contributed by atoms with van der Waals surface area (Å²) in [5, 5.41) is 7.88. The average molecular weight is 273 g/mol. The van der Waals surface area contributed by atoms with Crippen molar-refractivity contribution in [1.29, 1.82) is 0 Å². The van der Waals surface area contributed by atoms with Gasteiger partial charge < -0.3 is 10.1 Å². The Bertz CT molecular complexity index is 543. The van der Waals surface area contributed by atoms with Crippen molar-refractivity contribution in [2.45, 2.75) is 39.9 Å². The van der Waals surface area contributed by atoms with E-state index in [9.17, 15) is 0 Å². The summed E-state index contributed by atoms with van der Waals surface area (Å²) < 4.78 is 7.21. The van der Waals surface area contributed by atoms with Gasteiger partial charge in [0.2, 0.25) is 0 Å². The van der Waals surface area contributed by atoms with Gasteiger partial charge >= 0.3 is 0 Å². The third-order valence-corrected chi connectivity index (χ3v) is 3.44. The van der Waals surface area contributed by atoms with Gasteiger partial charge in [0, 0.05) is 30.4 Å². The fourth-order valence-electron chi connectivity index (χ4n) is 2.24. The highest BCUT2D eigenvalue weighted by Gasteiger charge is 2.08. The Morgan fingerprint density at radius 2 is 1.90 bits per heavy atom. The van der Waals surface area contributed by atoms with E-state index in [1.54, 1.807) is 7.11 Å². The first kappa shape index (κ1) is 14.6. The lowest BCUT2D eigenvalue weighted by atomic mass is 10.2. The highest BCUT2D eigenvalue weighted by molar-refractivity contribution is 5.27. The van der Waals surface area contributed by atoms with Gasteiger partial charge in [0.15, 0.2) is 0 Å². The maximum absolute atomic E-state index is 5.15. The summed E-state index contributed by atoms with van der Waals surface area (Å²) >= 11 is 0. The zero-order valence-electron chi connectivity index (χ0n) is 12.7. The maximum atomic E-state index is 5.15. The highest BCUT2D eigenvalue weighted by atomic mass is 16.5. The molecule has 0 amide bonds. The van der Waals surface area contributed by atoms with Crippen LogP contribution in [0.25, 0.3) is 0 Å². The lowest BCUT2D eigenvalue weighted by molar-refractivity contribution is 0.414. The van der Waals surface area contributed by atoms with E-state index in [1.807, 2.05) is 18.3 Å². The molecule has 1 aromatic heterocycles. The van der Waals surface area contributed by atoms with Crippen LogP contribution in [-0.2, 0) is 13.1 Å². The summed E-state index contributed by atoms with van der Waals surface area (Å²) in [4.78, 5) is 0. The molecule has 2 rings (SSSR count). The first-order chi connectivity index (χ1) is 9.61. The lowest BCUT2D eigenvalue weighted by Crippen LogP contribution is -2.13. The largest absolute Gasteiger partial charge is 0.497 e. The summed E-state index contributed by atoms with van der Waals surface area (Å²) in [7, 11) is 1.68. The van der Waals surface area contributed by atoms with Crippen LogP contribution in [0.2, 0.25) is 0 Å². The minimum Gasteiger partial charge on any atom is -0.497 e. The Kier molecular flexibility index (Phi) is 4.79. The van der Waals surface area contributed by atoms with Gasteiger partial charge in [0.05, 0.1) is 13.3 Å². The predicted octanol–water partition coefficient (Wildman–Crippen LogP) is 3.07. The third kappa shape index (κ3) is 3.39. The number of hydrogen-bond donors (Lipinski definition) is 1. The standard InChI is InChI=1S/C16H23N3O/c1-12(2)19-13(3)15(11-18-19)10-17-9-14-5-7-16(20-4)8-6-14/h5-8,11-12,17H,9-10H2,1-4H3. The van der Waals surface area contributed by atoms with E-state index in [4.69, 9.17) is 4.74 Å². The van der Waals surface area contributed by atoms with Gasteiger partial charge in [0.25, 0.3) is 0 Å². The van der Waals surface area contributed by atoms with Crippen LogP contribution in [0, 0.1) is 6.92 Å². The number of benzene rings is 1. The van der Waals surface area contributed by atoms with E-state index >= 15 is 0 Å². The molecule has 1 heterocycles. The Morgan fingerprint density at radius 3 is 2.45 bits per heavy atom. The summed E-state index contributed by atoms with van der Waals surface area (Å²) in [6.45, 7) is 8.10. The Morgan fingerprint density at radius 1 is 1.20 bits per heavy atom. The van der Waals surface area contributed by atoms with Crippen molar-refractivity contribution >= 4 is 0 Å². The topological polar surface area (TPSA) is 39.1 Å². The van der Waals surface area contributed by atoms with Crippen LogP contribution in [0.5, 0.6) is 5.75 Å². The molecule has 0 radical (unpaired) electrons. The zero-order valence-corrected chi connectivity index (χ0v) is 12.7. The van der Waals surface area contributed by atoms with Gasteiger partial charge in [-0.3, -0.25) is 4.68 Å². The molecule has 1 aromatic carbocycles. The molecule has 2 aromatic rings. The van der Waals surface area contributed by atoms with Gasteiger partial charge in [-0.2, -0.15) is 5.10 Å². The van der Waals surface area contributed by atoms with Crippen LogP contribution in [-0.4, -0.2) is 16.9 Å². The van der Waals surface area contributed by atoms with Crippen molar-refractivity contribution < 1.29 is 4.74 Å². The van der Waals surface area contributed by atoms with Crippen molar-refractivity contribution in [1.82, 2.24) is 15.1 Å². The Labute approximate surface area is 120 Å². The van der Waals surface area contributed by atoms with E-state index in [2.05, 4.69) is 48.0 Å². The summed E-state index contributed by atoms with van der Waals surface area (Å²) in [6, 6.07) is 8.54. The van der Waals surface area contributed by atoms with E-state index in [1.165, 1.54) is 16.8 Å². The second-order valence-electron chi connectivity index (χ2n) is 5.25. The number of rotatable bonds is 6. The van der Waals surface area contributed by atoms with Crippen LogP contribution in [0.1, 0.15) is 36.7 Å². The van der Waals surface area contributed by atoms with Gasteiger partial charge in [-0.1, -0.05) is 12.1 Å². The molecule has 108 valence electrons. The molecule has 0 bridgehead atoms. The Balaban J connectivity index is 1.89. The van der Waals surface area contributed by atoms with E-state index in [0.717, 1.165) is 18.8 Å². The molecule has 20 heavy (non-hydrogen) atoms. The van der Waals surface area contributed by atoms with Crippen molar-refractivity contribution in [3.63, 3.8) is 0 Å². The number of nitrogens with one attached hydrogen (secondary N) is 1. The van der Waals surface area contributed by atoms with Crippen LogP contribution >= 0.6 is 0 Å². The number of aromatic nitrogens is 2. The van der Waals surface area contributed by atoms with Crippen molar-refractivity contribution in [2.75, 3.05) is 7.11 Å². The fraction of sp³-hybridized carbons (Fsp3) is 0.438. The fourth-order valence-corrected chi connectivity index (χ4v) is 2.24. The van der Waals surface area contributed by atoms with Crippen molar-refractivity contribution in [3.05, 3.63) is 47.3 Å². The molecular weight excluding hydrogens is 250 g/mol. The van der Waals surface area contributed by atoms with Crippen LogP contribution in [0.15, 0.2) is 30.5 Å². The molecule has 0 aliphatic heterocycles. The zero-order chi connectivity index (χ0) is 14.5. The summed E-state index contributed by atoms with van der Waals surface area (Å²) in [6.07, 6.45) is 1.95. The van der Waals surface area contributed by atoms with E-state index in [0.29, 0.717) is 6.04 Å². The number of hydrogen-bond acceptors (Lipinski definition) is 3. The van der Waals surface area contributed by atoms with Gasteiger partial charge in [-0.15, -0.1) is 0 Å². The Hall–Kier alpha value is -1.81. The number of nitrogens with zero attached hydrogens (tertiary/aromatic N) is 2. The second-order valence-corrected chi connectivity index (χ2v) is 5.25. The number of ether oxygens (including phenoxy) is 1. The minimum atomic E-state index is 0.408. The van der Waals surface area contributed by atoms with E-state index in [-0.39, 0.29) is 0 Å². The molecular formula is C16H23N3O. The first-order valence-corrected chi connectivity index (χ1v) is 6.98. The normalized spacial score (nSPS) is 11.1. The minimum absolute atomic E-state index is 0.408. The van der Waals surface area contributed by atoms with Gasteiger partial charge in [-0.05, 0) is 38.5 Å². The first-order valence-electron chi connectivity index (χ1n) is 6.98. The molecule has 0 saturated heterocycles. The molecule has 0 aliphatic rings. The molecule has 0 aliphatic carbocycles. The van der Waals surface area contributed by atoms with Gasteiger partial charge in [-0.25, -0.2) is 0 Å². The molecule has 4 nitrogen and oxygen atoms in total. The predicted molar refractivity (Wildman–Crippen MR) is 80.9 cm³/mol. The SMILES string of the molecule is COc1ccc(CNCc2cnn(C(C)C)c2C)cc1. The summed E-state index contributed by atoms with van der Waals surface area (Å²) in [5.41, 5.74) is 3.74. The summed E-state index contributed by atoms with van der Waals surface area (Å²) in [5.74, 6) is 0.891. The third-order valence-electron chi connectivity index (χ3n) is 3.44. The van der Waals surface area contributed by atoms with Crippen LogP contribution < -0.4 is 10.1 Å². The van der Waals surface area contributed by atoms with Gasteiger partial charge in [0.1, 0.15) is 5.75 Å². The molecule has 1 N–H and O–H groups in total. The van der Waals surface area contributed by atoms with E-state index < -0.39 is 0 Å². The van der Waals surface area contributed by atoms with Crippen LogP contribution in [0.3, 0.4) is 0 Å². The second kappa shape index (κ2) is 6.57. The van der Waals surface area contributed by atoms with Crippen molar-refractivity contribution in [2.24, 2.45) is 0 Å².